The number of halogens is 1. The Hall–Kier alpha value is -1.78. The molecule has 0 radical (unpaired) electrons. The average Bonchev–Trinajstić information content (AvgIpc) is 2.47. The number of methoxy groups -OCH3 is 1. The number of hydrogen-bond acceptors (Lipinski definition) is 2. The van der Waals surface area contributed by atoms with E-state index in [2.05, 4.69) is 29.7 Å². The molecular formula is C16H17ClN2OS. The summed E-state index contributed by atoms with van der Waals surface area (Å²) in [5.74, 6) is 0.636. The van der Waals surface area contributed by atoms with Crippen LogP contribution in [0.25, 0.3) is 0 Å². The van der Waals surface area contributed by atoms with Crippen LogP contribution in [0.15, 0.2) is 42.5 Å². The van der Waals surface area contributed by atoms with Gasteiger partial charge in [-0.2, -0.15) is 0 Å². The second kappa shape index (κ2) is 7.29. The van der Waals surface area contributed by atoms with E-state index in [4.69, 9.17) is 28.6 Å². The van der Waals surface area contributed by atoms with Gasteiger partial charge in [0.1, 0.15) is 5.75 Å². The number of aryl methyl sites for hydroxylation is 1. The minimum Gasteiger partial charge on any atom is -0.495 e. The molecule has 2 aromatic carbocycles. The molecule has 21 heavy (non-hydrogen) atoms. The van der Waals surface area contributed by atoms with Crippen molar-refractivity contribution < 1.29 is 4.74 Å². The minimum atomic E-state index is 0.518. The van der Waals surface area contributed by atoms with Gasteiger partial charge in [-0.3, -0.25) is 0 Å². The van der Waals surface area contributed by atoms with Gasteiger partial charge in [-0.1, -0.05) is 30.7 Å². The van der Waals surface area contributed by atoms with Crippen molar-refractivity contribution in [2.45, 2.75) is 13.3 Å². The lowest BCUT2D eigenvalue weighted by atomic mass is 10.1. The fourth-order valence-electron chi connectivity index (χ4n) is 1.91. The fourth-order valence-corrected chi connectivity index (χ4v) is 2.40. The SMILES string of the molecule is CCc1cccc(NC(=S)Nc2ccc(OC)c(Cl)c2)c1. The maximum absolute atomic E-state index is 6.08. The molecule has 2 N–H and O–H groups in total. The first-order valence-corrected chi connectivity index (χ1v) is 7.41. The highest BCUT2D eigenvalue weighted by atomic mass is 35.5. The third-order valence-corrected chi connectivity index (χ3v) is 3.50. The van der Waals surface area contributed by atoms with Crippen molar-refractivity contribution in [2.75, 3.05) is 17.7 Å². The van der Waals surface area contributed by atoms with Crippen LogP contribution < -0.4 is 15.4 Å². The molecule has 0 saturated carbocycles. The highest BCUT2D eigenvalue weighted by molar-refractivity contribution is 7.80. The van der Waals surface area contributed by atoms with Gasteiger partial charge in [-0.15, -0.1) is 0 Å². The second-order valence-corrected chi connectivity index (χ2v) is 5.30. The Kier molecular flexibility index (Phi) is 5.42. The van der Waals surface area contributed by atoms with E-state index >= 15 is 0 Å². The van der Waals surface area contributed by atoms with E-state index in [0.717, 1.165) is 17.8 Å². The number of hydrogen-bond donors (Lipinski definition) is 2. The van der Waals surface area contributed by atoms with Crippen LogP contribution in [0.4, 0.5) is 11.4 Å². The van der Waals surface area contributed by atoms with Gasteiger partial charge < -0.3 is 15.4 Å². The third-order valence-electron chi connectivity index (χ3n) is 3.00. The van der Waals surface area contributed by atoms with Crippen LogP contribution in [-0.4, -0.2) is 12.2 Å². The van der Waals surface area contributed by atoms with E-state index in [0.29, 0.717) is 15.9 Å². The molecule has 2 rings (SSSR count). The Morgan fingerprint density at radius 3 is 2.48 bits per heavy atom. The molecule has 0 unspecified atom stereocenters. The molecule has 0 bridgehead atoms. The summed E-state index contributed by atoms with van der Waals surface area (Å²) < 4.78 is 5.12. The summed E-state index contributed by atoms with van der Waals surface area (Å²) in [6, 6.07) is 13.6. The summed E-state index contributed by atoms with van der Waals surface area (Å²) in [4.78, 5) is 0. The maximum Gasteiger partial charge on any atom is 0.175 e. The molecule has 0 atom stereocenters. The molecule has 0 spiro atoms. The molecule has 110 valence electrons. The van der Waals surface area contributed by atoms with Crippen molar-refractivity contribution in [1.82, 2.24) is 0 Å². The zero-order valence-corrected chi connectivity index (χ0v) is 13.5. The van der Waals surface area contributed by atoms with Gasteiger partial charge in [-0.05, 0) is 54.5 Å². The molecule has 0 fully saturated rings. The van der Waals surface area contributed by atoms with Crippen LogP contribution in [0, 0.1) is 0 Å². The minimum absolute atomic E-state index is 0.518. The van der Waals surface area contributed by atoms with Crippen molar-refractivity contribution in [3.05, 3.63) is 53.1 Å². The number of rotatable bonds is 4. The highest BCUT2D eigenvalue weighted by Crippen LogP contribution is 2.27. The lowest BCUT2D eigenvalue weighted by Crippen LogP contribution is -2.19. The number of nitrogens with one attached hydrogen (secondary N) is 2. The van der Waals surface area contributed by atoms with Crippen molar-refractivity contribution in [3.63, 3.8) is 0 Å². The molecule has 0 amide bonds. The molecule has 0 aromatic heterocycles. The first-order chi connectivity index (χ1) is 10.1. The van der Waals surface area contributed by atoms with E-state index in [1.807, 2.05) is 18.2 Å². The molecule has 2 aromatic rings. The molecule has 0 aliphatic carbocycles. The van der Waals surface area contributed by atoms with E-state index < -0.39 is 0 Å². The van der Waals surface area contributed by atoms with Crippen LogP contribution in [0.5, 0.6) is 5.75 Å². The van der Waals surface area contributed by atoms with E-state index in [-0.39, 0.29) is 0 Å². The zero-order chi connectivity index (χ0) is 15.2. The number of benzene rings is 2. The van der Waals surface area contributed by atoms with Crippen molar-refractivity contribution >= 4 is 40.3 Å². The monoisotopic (exact) mass is 320 g/mol. The Bertz CT molecular complexity index is 646. The van der Waals surface area contributed by atoms with E-state index in [9.17, 15) is 0 Å². The first kappa shape index (κ1) is 15.6. The summed E-state index contributed by atoms with van der Waals surface area (Å²) in [7, 11) is 1.58. The summed E-state index contributed by atoms with van der Waals surface area (Å²) in [5.41, 5.74) is 3.03. The van der Waals surface area contributed by atoms with Crippen LogP contribution in [0.3, 0.4) is 0 Å². The van der Waals surface area contributed by atoms with Gasteiger partial charge >= 0.3 is 0 Å². The summed E-state index contributed by atoms with van der Waals surface area (Å²) in [5, 5.41) is 7.32. The molecule has 0 saturated heterocycles. The van der Waals surface area contributed by atoms with Gasteiger partial charge in [0.05, 0.1) is 12.1 Å². The molecule has 0 heterocycles. The van der Waals surface area contributed by atoms with Gasteiger partial charge in [0.25, 0.3) is 0 Å². The van der Waals surface area contributed by atoms with Gasteiger partial charge in [0, 0.05) is 11.4 Å². The quantitative estimate of drug-likeness (QED) is 0.799. The van der Waals surface area contributed by atoms with Crippen LogP contribution >= 0.6 is 23.8 Å². The highest BCUT2D eigenvalue weighted by Gasteiger charge is 2.04. The Labute approximate surface area is 135 Å². The summed E-state index contributed by atoms with van der Waals surface area (Å²) >= 11 is 11.4. The van der Waals surface area contributed by atoms with Crippen molar-refractivity contribution in [1.29, 1.82) is 0 Å². The van der Waals surface area contributed by atoms with Crippen LogP contribution in [0.2, 0.25) is 5.02 Å². The Morgan fingerprint density at radius 2 is 1.86 bits per heavy atom. The number of thiocarbonyl (C=S) groups is 1. The molecule has 3 nitrogen and oxygen atoms in total. The summed E-state index contributed by atoms with van der Waals surface area (Å²) in [6.07, 6.45) is 0.990. The van der Waals surface area contributed by atoms with Crippen molar-refractivity contribution in [3.8, 4) is 5.75 Å². The smallest absolute Gasteiger partial charge is 0.175 e. The van der Waals surface area contributed by atoms with Crippen LogP contribution in [-0.2, 0) is 6.42 Å². The van der Waals surface area contributed by atoms with E-state index in [1.165, 1.54) is 5.56 Å². The lowest BCUT2D eigenvalue weighted by molar-refractivity contribution is 0.415. The van der Waals surface area contributed by atoms with Crippen LogP contribution in [0.1, 0.15) is 12.5 Å². The Morgan fingerprint density at radius 1 is 1.14 bits per heavy atom. The zero-order valence-electron chi connectivity index (χ0n) is 11.9. The lowest BCUT2D eigenvalue weighted by Gasteiger charge is -2.12. The largest absolute Gasteiger partial charge is 0.495 e. The van der Waals surface area contributed by atoms with Crippen molar-refractivity contribution in [2.24, 2.45) is 0 Å². The Balaban J connectivity index is 2.02. The molecule has 5 heteroatoms. The third kappa shape index (κ3) is 4.34. The normalized spacial score (nSPS) is 10.0. The summed E-state index contributed by atoms with van der Waals surface area (Å²) in [6.45, 7) is 2.12. The fraction of sp³-hybridized carbons (Fsp3) is 0.188. The van der Waals surface area contributed by atoms with E-state index in [1.54, 1.807) is 19.2 Å². The molecular weight excluding hydrogens is 304 g/mol. The predicted octanol–water partition coefficient (Wildman–Crippen LogP) is 4.72. The van der Waals surface area contributed by atoms with Gasteiger partial charge in [0.15, 0.2) is 5.11 Å². The number of ether oxygens (including phenoxy) is 1. The molecule has 0 aliphatic rings. The first-order valence-electron chi connectivity index (χ1n) is 6.63. The topological polar surface area (TPSA) is 33.3 Å². The second-order valence-electron chi connectivity index (χ2n) is 4.48. The average molecular weight is 321 g/mol. The predicted molar refractivity (Wildman–Crippen MR) is 93.7 cm³/mol. The standard InChI is InChI=1S/C16H17ClN2OS/c1-3-11-5-4-6-12(9-11)18-16(21)19-13-7-8-15(20-2)14(17)10-13/h4-10H,3H2,1-2H3,(H2,18,19,21). The van der Waals surface area contributed by atoms with Gasteiger partial charge in [0.2, 0.25) is 0 Å². The molecule has 0 aliphatic heterocycles. The maximum atomic E-state index is 6.08. The number of anilines is 2. The van der Waals surface area contributed by atoms with Gasteiger partial charge in [-0.25, -0.2) is 0 Å².